The Morgan fingerprint density at radius 1 is 1.25 bits per heavy atom. The number of aromatic hydroxyl groups is 1. The van der Waals surface area contributed by atoms with Gasteiger partial charge in [-0.1, -0.05) is 0 Å². The molecule has 1 aliphatic rings. The van der Waals surface area contributed by atoms with Crippen LogP contribution in [0.4, 0.5) is 5.69 Å². The van der Waals surface area contributed by atoms with Gasteiger partial charge in [-0.05, 0) is 43.7 Å². The van der Waals surface area contributed by atoms with Crippen LogP contribution in [0, 0.1) is 13.8 Å². The van der Waals surface area contributed by atoms with Crippen LogP contribution in [0.2, 0.25) is 0 Å². The van der Waals surface area contributed by atoms with Gasteiger partial charge in [0.05, 0.1) is 11.3 Å². The Bertz CT molecular complexity index is 741. The summed E-state index contributed by atoms with van der Waals surface area (Å²) in [5.74, 6) is 0.105. The van der Waals surface area contributed by atoms with E-state index in [4.69, 9.17) is 0 Å². The largest absolute Gasteiger partial charge is 0.508 e. The van der Waals surface area contributed by atoms with E-state index in [1.54, 1.807) is 30.1 Å². The number of phenolic OH excluding ortho intramolecular Hbond substituents is 1. The molecule has 0 unspecified atom stereocenters. The van der Waals surface area contributed by atoms with Crippen molar-refractivity contribution in [3.8, 4) is 5.75 Å². The van der Waals surface area contributed by atoms with Gasteiger partial charge in [0.25, 0.3) is 5.91 Å². The molecule has 0 fully saturated rings. The van der Waals surface area contributed by atoms with Crippen LogP contribution in [0.5, 0.6) is 5.75 Å². The number of rotatable bonds is 1. The lowest BCUT2D eigenvalue weighted by molar-refractivity contribution is -0.112. The summed E-state index contributed by atoms with van der Waals surface area (Å²) in [4.78, 5) is 17.2. The number of nitrogens with one attached hydrogen (secondary N) is 1. The molecule has 0 saturated carbocycles. The number of likely N-dealkylation sites (N-methyl/N-ethyl adjacent to an activating group) is 1. The molecule has 0 bridgehead atoms. The van der Waals surface area contributed by atoms with Crippen LogP contribution in [-0.4, -0.2) is 23.0 Å². The normalized spacial score (nSPS) is 16.1. The van der Waals surface area contributed by atoms with Gasteiger partial charge >= 0.3 is 0 Å². The van der Waals surface area contributed by atoms with Gasteiger partial charge in [0, 0.05) is 30.1 Å². The summed E-state index contributed by atoms with van der Waals surface area (Å²) < 4.78 is 0. The molecule has 3 rings (SSSR count). The number of nitrogens with zero attached hydrogens (tertiary/aromatic N) is 1. The minimum atomic E-state index is -0.0581. The molecule has 2 N–H and O–H groups in total. The van der Waals surface area contributed by atoms with Crippen LogP contribution in [0.3, 0.4) is 0 Å². The lowest BCUT2D eigenvalue weighted by Crippen LogP contribution is -2.20. The lowest BCUT2D eigenvalue weighted by atomic mass is 10.1. The van der Waals surface area contributed by atoms with Gasteiger partial charge in [-0.2, -0.15) is 0 Å². The van der Waals surface area contributed by atoms with E-state index in [-0.39, 0.29) is 11.7 Å². The maximum Gasteiger partial charge on any atom is 0.258 e. The monoisotopic (exact) mass is 268 g/mol. The van der Waals surface area contributed by atoms with Gasteiger partial charge in [-0.3, -0.25) is 4.79 Å². The van der Waals surface area contributed by atoms with E-state index in [1.165, 1.54) is 0 Å². The minimum Gasteiger partial charge on any atom is -0.508 e. The Morgan fingerprint density at radius 2 is 2.00 bits per heavy atom. The summed E-state index contributed by atoms with van der Waals surface area (Å²) in [6.07, 6.45) is 1.88. The Hall–Kier alpha value is -2.49. The molecular weight excluding hydrogens is 252 g/mol. The molecule has 4 heteroatoms. The maximum absolute atomic E-state index is 12.4. The molecule has 1 aromatic heterocycles. The van der Waals surface area contributed by atoms with Gasteiger partial charge in [-0.25, -0.2) is 0 Å². The average Bonchev–Trinajstić information content (AvgIpc) is 2.83. The Morgan fingerprint density at radius 3 is 2.65 bits per heavy atom. The second-order valence-electron chi connectivity index (χ2n) is 5.17. The first-order chi connectivity index (χ1) is 9.47. The molecule has 20 heavy (non-hydrogen) atoms. The molecule has 4 nitrogen and oxygen atoms in total. The third-order valence-corrected chi connectivity index (χ3v) is 3.65. The van der Waals surface area contributed by atoms with Gasteiger partial charge in [-0.15, -0.1) is 0 Å². The number of H-pyrrole nitrogens is 1. The van der Waals surface area contributed by atoms with Crippen molar-refractivity contribution in [1.82, 2.24) is 4.98 Å². The second kappa shape index (κ2) is 4.27. The van der Waals surface area contributed by atoms with E-state index < -0.39 is 0 Å². The summed E-state index contributed by atoms with van der Waals surface area (Å²) in [5.41, 5.74) is 5.36. The standard InChI is InChI=1S/C16H16N2O2/c1-9-6-10(2)17-14(9)8-13-12-5-4-11(19)7-15(12)18(3)16(13)20/h4-8,17,19H,1-3H3. The summed E-state index contributed by atoms with van der Waals surface area (Å²) >= 11 is 0. The number of carbonyl (C=O) groups is 1. The molecule has 1 amide bonds. The summed E-state index contributed by atoms with van der Waals surface area (Å²) in [5, 5.41) is 9.56. The molecule has 0 radical (unpaired) electrons. The zero-order valence-corrected chi connectivity index (χ0v) is 11.7. The number of fused-ring (bicyclic) bond motifs is 1. The van der Waals surface area contributed by atoms with Crippen LogP contribution in [0.25, 0.3) is 11.6 Å². The highest BCUT2D eigenvalue weighted by molar-refractivity contribution is 6.35. The van der Waals surface area contributed by atoms with Crippen molar-refractivity contribution in [2.24, 2.45) is 0 Å². The molecule has 102 valence electrons. The van der Waals surface area contributed by atoms with Crippen LogP contribution >= 0.6 is 0 Å². The van der Waals surface area contributed by atoms with E-state index >= 15 is 0 Å². The van der Waals surface area contributed by atoms with Crippen LogP contribution in [0.15, 0.2) is 24.3 Å². The molecule has 0 aliphatic carbocycles. The second-order valence-corrected chi connectivity index (χ2v) is 5.17. The van der Waals surface area contributed by atoms with E-state index in [2.05, 4.69) is 4.98 Å². The maximum atomic E-state index is 12.4. The molecule has 0 saturated heterocycles. The number of carbonyl (C=O) groups excluding carboxylic acids is 1. The quantitative estimate of drug-likeness (QED) is 0.781. The zero-order valence-electron chi connectivity index (χ0n) is 11.7. The van der Waals surface area contributed by atoms with Crippen molar-refractivity contribution < 1.29 is 9.90 Å². The van der Waals surface area contributed by atoms with E-state index in [0.717, 1.165) is 28.2 Å². The van der Waals surface area contributed by atoms with Crippen molar-refractivity contribution in [2.75, 3.05) is 11.9 Å². The molecular formula is C16H16N2O2. The third kappa shape index (κ3) is 1.81. The van der Waals surface area contributed by atoms with E-state index in [1.807, 2.05) is 26.0 Å². The number of hydrogen-bond donors (Lipinski definition) is 2. The molecule has 1 aliphatic heterocycles. The lowest BCUT2D eigenvalue weighted by Gasteiger charge is -2.08. The SMILES string of the molecule is Cc1cc(C)c(C=C2C(=O)N(C)c3cc(O)ccc32)[nH]1. The van der Waals surface area contributed by atoms with E-state index in [9.17, 15) is 9.90 Å². The average molecular weight is 268 g/mol. The summed E-state index contributed by atoms with van der Waals surface area (Å²) in [6.45, 7) is 4.00. The first-order valence-electron chi connectivity index (χ1n) is 6.46. The predicted octanol–water partition coefficient (Wildman–Crippen LogP) is 2.85. The first-order valence-corrected chi connectivity index (χ1v) is 6.46. The van der Waals surface area contributed by atoms with Gasteiger partial charge in [0.2, 0.25) is 0 Å². The fraction of sp³-hybridized carbons (Fsp3) is 0.188. The van der Waals surface area contributed by atoms with Gasteiger partial charge < -0.3 is 15.0 Å². The fourth-order valence-corrected chi connectivity index (χ4v) is 2.61. The minimum absolute atomic E-state index is 0.0581. The highest BCUT2D eigenvalue weighted by Gasteiger charge is 2.30. The Balaban J connectivity index is 2.16. The number of phenols is 1. The molecule has 1 aromatic carbocycles. The van der Waals surface area contributed by atoms with Crippen LogP contribution < -0.4 is 4.90 Å². The van der Waals surface area contributed by atoms with Crippen molar-refractivity contribution in [2.45, 2.75) is 13.8 Å². The summed E-state index contributed by atoms with van der Waals surface area (Å²) in [6, 6.07) is 7.04. The van der Waals surface area contributed by atoms with Crippen LogP contribution in [-0.2, 0) is 4.79 Å². The number of aromatic amines is 1. The number of aromatic nitrogens is 1. The molecule has 2 aromatic rings. The van der Waals surface area contributed by atoms with Gasteiger partial charge in [0.1, 0.15) is 5.75 Å². The van der Waals surface area contributed by atoms with Crippen molar-refractivity contribution in [3.05, 3.63) is 46.8 Å². The van der Waals surface area contributed by atoms with Crippen molar-refractivity contribution >= 4 is 23.2 Å². The topological polar surface area (TPSA) is 56.3 Å². The van der Waals surface area contributed by atoms with Crippen molar-refractivity contribution in [3.63, 3.8) is 0 Å². The van der Waals surface area contributed by atoms with Crippen molar-refractivity contribution in [1.29, 1.82) is 0 Å². The Labute approximate surface area is 117 Å². The molecule has 0 spiro atoms. The number of anilines is 1. The molecule has 2 heterocycles. The highest BCUT2D eigenvalue weighted by Crippen LogP contribution is 2.38. The zero-order chi connectivity index (χ0) is 14.4. The van der Waals surface area contributed by atoms with E-state index in [0.29, 0.717) is 5.57 Å². The van der Waals surface area contributed by atoms with Crippen LogP contribution in [0.1, 0.15) is 22.5 Å². The first kappa shape index (κ1) is 12.5. The fourth-order valence-electron chi connectivity index (χ4n) is 2.61. The third-order valence-electron chi connectivity index (χ3n) is 3.65. The number of hydrogen-bond acceptors (Lipinski definition) is 2. The smallest absolute Gasteiger partial charge is 0.258 e. The summed E-state index contributed by atoms with van der Waals surface area (Å²) in [7, 11) is 1.72. The van der Waals surface area contributed by atoms with Gasteiger partial charge in [0.15, 0.2) is 0 Å². The highest BCUT2D eigenvalue weighted by atomic mass is 16.3. The molecule has 0 atom stereocenters. The number of aryl methyl sites for hydroxylation is 2. The number of amides is 1. The Kier molecular flexibility index (Phi) is 2.67. The number of benzene rings is 1. The predicted molar refractivity (Wildman–Crippen MR) is 79.7 cm³/mol.